The normalized spacial score (nSPS) is 16.3. The lowest BCUT2D eigenvalue weighted by Crippen LogP contribution is -2.37. The van der Waals surface area contributed by atoms with Crippen LogP contribution in [0.5, 0.6) is 11.5 Å². The summed E-state index contributed by atoms with van der Waals surface area (Å²) in [5.74, 6) is 0.288. The minimum absolute atomic E-state index is 0.143. The highest BCUT2D eigenvalue weighted by Crippen LogP contribution is 2.33. The van der Waals surface area contributed by atoms with Crippen LogP contribution in [0.15, 0.2) is 18.2 Å². The minimum Gasteiger partial charge on any atom is -0.486 e. The molecule has 6 nitrogen and oxygen atoms in total. The van der Waals surface area contributed by atoms with E-state index in [2.05, 4.69) is 5.32 Å². The highest BCUT2D eigenvalue weighted by molar-refractivity contribution is 5.67. The molecule has 2 atom stereocenters. The lowest BCUT2D eigenvalue weighted by molar-refractivity contribution is -0.138. The van der Waals surface area contributed by atoms with E-state index in [0.717, 1.165) is 6.42 Å². The first-order chi connectivity index (χ1) is 10.1. The summed E-state index contributed by atoms with van der Waals surface area (Å²) in [5, 5.41) is 22.5. The van der Waals surface area contributed by atoms with E-state index in [-0.39, 0.29) is 6.42 Å². The molecule has 1 aromatic carbocycles. The van der Waals surface area contributed by atoms with Gasteiger partial charge in [-0.25, -0.2) is 0 Å². The Balaban J connectivity index is 2.14. The van der Waals surface area contributed by atoms with Crippen LogP contribution < -0.4 is 14.8 Å². The largest absolute Gasteiger partial charge is 0.486 e. The van der Waals surface area contributed by atoms with E-state index in [4.69, 9.17) is 14.6 Å². The molecule has 0 saturated carbocycles. The van der Waals surface area contributed by atoms with E-state index in [1.807, 2.05) is 6.92 Å². The second-order valence-electron chi connectivity index (χ2n) is 5.01. The average Bonchev–Trinajstić information content (AvgIpc) is 2.50. The predicted octanol–water partition coefficient (Wildman–Crippen LogP) is 1.33. The van der Waals surface area contributed by atoms with Gasteiger partial charge in [0.05, 0.1) is 12.5 Å². The van der Waals surface area contributed by atoms with Gasteiger partial charge in [-0.2, -0.15) is 0 Å². The molecule has 0 saturated heterocycles. The number of ether oxygens (including phenoxy) is 2. The van der Waals surface area contributed by atoms with Crippen molar-refractivity contribution in [2.24, 2.45) is 0 Å². The fourth-order valence-corrected chi connectivity index (χ4v) is 2.29. The topological polar surface area (TPSA) is 88.0 Å². The lowest BCUT2D eigenvalue weighted by Gasteiger charge is -2.25. The van der Waals surface area contributed by atoms with Crippen molar-refractivity contribution in [2.45, 2.75) is 31.9 Å². The van der Waals surface area contributed by atoms with Crippen LogP contribution in [0.3, 0.4) is 0 Å². The number of carboxylic acids is 1. The molecule has 1 aliphatic rings. The van der Waals surface area contributed by atoms with Gasteiger partial charge in [-0.05, 0) is 30.7 Å². The molecule has 1 heterocycles. The van der Waals surface area contributed by atoms with Crippen molar-refractivity contribution in [1.29, 1.82) is 0 Å². The molecule has 3 N–H and O–H groups in total. The van der Waals surface area contributed by atoms with Crippen LogP contribution in [0.4, 0.5) is 0 Å². The summed E-state index contributed by atoms with van der Waals surface area (Å²) in [4.78, 5) is 10.9. The summed E-state index contributed by atoms with van der Waals surface area (Å²) in [6.07, 6.45) is -0.192. The van der Waals surface area contributed by atoms with E-state index in [1.54, 1.807) is 18.2 Å². The van der Waals surface area contributed by atoms with Crippen molar-refractivity contribution in [3.8, 4) is 11.5 Å². The molecule has 0 amide bonds. The second-order valence-corrected chi connectivity index (χ2v) is 5.01. The van der Waals surface area contributed by atoms with Gasteiger partial charge in [-0.1, -0.05) is 13.0 Å². The highest BCUT2D eigenvalue weighted by atomic mass is 16.6. The van der Waals surface area contributed by atoms with Crippen molar-refractivity contribution in [1.82, 2.24) is 5.32 Å². The number of hydrogen-bond acceptors (Lipinski definition) is 5. The predicted molar refractivity (Wildman–Crippen MR) is 76.7 cm³/mol. The van der Waals surface area contributed by atoms with Gasteiger partial charge < -0.3 is 25.0 Å². The molecule has 0 aromatic heterocycles. The SMILES string of the molecule is CCCNC(CC(=O)O)C(O)c1ccc2c(c1)OCCO2. The second kappa shape index (κ2) is 7.28. The average molecular weight is 295 g/mol. The maximum Gasteiger partial charge on any atom is 0.305 e. The maximum atomic E-state index is 10.9. The van der Waals surface area contributed by atoms with Gasteiger partial charge >= 0.3 is 5.97 Å². The third-order valence-corrected chi connectivity index (χ3v) is 3.34. The number of aliphatic carboxylic acids is 1. The van der Waals surface area contributed by atoms with Crippen LogP contribution in [-0.2, 0) is 4.79 Å². The molecule has 0 aliphatic carbocycles. The first kappa shape index (κ1) is 15.6. The third-order valence-electron chi connectivity index (χ3n) is 3.34. The quantitative estimate of drug-likeness (QED) is 0.703. The number of carbonyl (C=O) groups is 1. The van der Waals surface area contributed by atoms with Crippen molar-refractivity contribution in [3.63, 3.8) is 0 Å². The van der Waals surface area contributed by atoms with Gasteiger partial charge in [-0.3, -0.25) is 4.79 Å². The van der Waals surface area contributed by atoms with Gasteiger partial charge in [0.25, 0.3) is 0 Å². The molecule has 0 spiro atoms. The van der Waals surface area contributed by atoms with E-state index in [0.29, 0.717) is 36.8 Å². The molecule has 2 unspecified atom stereocenters. The molecular weight excluding hydrogens is 274 g/mol. The maximum absolute atomic E-state index is 10.9. The van der Waals surface area contributed by atoms with E-state index < -0.39 is 18.1 Å². The van der Waals surface area contributed by atoms with Gasteiger partial charge in [0.15, 0.2) is 11.5 Å². The molecule has 116 valence electrons. The number of fused-ring (bicyclic) bond motifs is 1. The first-order valence-corrected chi connectivity index (χ1v) is 7.14. The molecule has 2 rings (SSSR count). The van der Waals surface area contributed by atoms with Crippen molar-refractivity contribution in [2.75, 3.05) is 19.8 Å². The van der Waals surface area contributed by atoms with Gasteiger partial charge in [0.1, 0.15) is 13.2 Å². The molecule has 0 fully saturated rings. The molecular formula is C15H21NO5. The minimum atomic E-state index is -0.944. The van der Waals surface area contributed by atoms with Gasteiger partial charge in [-0.15, -0.1) is 0 Å². The summed E-state index contributed by atoms with van der Waals surface area (Å²) < 4.78 is 10.9. The molecule has 1 aliphatic heterocycles. The van der Waals surface area contributed by atoms with Crippen LogP contribution in [0.25, 0.3) is 0 Å². The number of aliphatic hydroxyl groups is 1. The Bertz CT molecular complexity index is 491. The van der Waals surface area contributed by atoms with Crippen molar-refractivity contribution >= 4 is 5.97 Å². The summed E-state index contributed by atoms with van der Waals surface area (Å²) in [6.45, 7) is 3.62. The zero-order valence-corrected chi connectivity index (χ0v) is 12.0. The summed E-state index contributed by atoms with van der Waals surface area (Å²) >= 11 is 0. The zero-order chi connectivity index (χ0) is 15.2. The van der Waals surface area contributed by atoms with Gasteiger partial charge in [0, 0.05) is 6.04 Å². The molecule has 1 aromatic rings. The van der Waals surface area contributed by atoms with E-state index in [9.17, 15) is 9.90 Å². The Labute approximate surface area is 123 Å². The Hall–Kier alpha value is -1.79. The fraction of sp³-hybridized carbons (Fsp3) is 0.533. The van der Waals surface area contributed by atoms with E-state index in [1.165, 1.54) is 0 Å². The number of benzene rings is 1. The Morgan fingerprint density at radius 3 is 2.71 bits per heavy atom. The summed E-state index contributed by atoms with van der Waals surface area (Å²) in [7, 11) is 0. The van der Waals surface area contributed by atoms with Crippen molar-refractivity contribution < 1.29 is 24.5 Å². The fourth-order valence-electron chi connectivity index (χ4n) is 2.29. The Morgan fingerprint density at radius 1 is 1.33 bits per heavy atom. The van der Waals surface area contributed by atoms with Crippen LogP contribution in [0.2, 0.25) is 0 Å². The standard InChI is InChI=1S/C15H21NO5/c1-2-5-16-11(9-14(17)18)15(19)10-3-4-12-13(8-10)21-7-6-20-12/h3-4,8,11,15-16,19H,2,5-7,9H2,1H3,(H,17,18). The highest BCUT2D eigenvalue weighted by Gasteiger charge is 2.24. The van der Waals surface area contributed by atoms with Crippen molar-refractivity contribution in [3.05, 3.63) is 23.8 Å². The smallest absolute Gasteiger partial charge is 0.305 e. The number of aliphatic hydroxyl groups excluding tert-OH is 1. The molecule has 6 heteroatoms. The molecule has 21 heavy (non-hydrogen) atoms. The molecule has 0 bridgehead atoms. The Morgan fingerprint density at radius 2 is 2.05 bits per heavy atom. The summed E-state index contributed by atoms with van der Waals surface area (Å²) in [6, 6.07) is 4.65. The summed E-state index contributed by atoms with van der Waals surface area (Å²) in [5.41, 5.74) is 0.620. The van der Waals surface area contributed by atoms with Crippen LogP contribution in [0.1, 0.15) is 31.4 Å². The molecule has 0 radical (unpaired) electrons. The zero-order valence-electron chi connectivity index (χ0n) is 12.0. The Kier molecular flexibility index (Phi) is 5.41. The lowest BCUT2D eigenvalue weighted by atomic mass is 9.99. The number of hydrogen-bond donors (Lipinski definition) is 3. The number of rotatable bonds is 7. The number of carboxylic acid groups (broad SMARTS) is 1. The van der Waals surface area contributed by atoms with E-state index >= 15 is 0 Å². The van der Waals surface area contributed by atoms with Crippen LogP contribution in [0, 0.1) is 0 Å². The van der Waals surface area contributed by atoms with Crippen LogP contribution in [-0.4, -0.2) is 42.0 Å². The number of nitrogens with one attached hydrogen (secondary N) is 1. The monoisotopic (exact) mass is 295 g/mol. The first-order valence-electron chi connectivity index (χ1n) is 7.14. The third kappa shape index (κ3) is 4.09. The van der Waals surface area contributed by atoms with Gasteiger partial charge in [0.2, 0.25) is 0 Å². The van der Waals surface area contributed by atoms with Crippen LogP contribution >= 0.6 is 0 Å².